The summed E-state index contributed by atoms with van der Waals surface area (Å²) >= 11 is 0. The summed E-state index contributed by atoms with van der Waals surface area (Å²) in [6, 6.07) is 4.90. The Morgan fingerprint density at radius 2 is 2.07 bits per heavy atom. The Hall–Kier alpha value is -2.72. The summed E-state index contributed by atoms with van der Waals surface area (Å²) in [6.45, 7) is 1.41. The van der Waals surface area contributed by atoms with Crippen LogP contribution in [0, 0.1) is 0 Å². The molecule has 0 saturated heterocycles. The Morgan fingerprint density at radius 1 is 1.28 bits per heavy atom. The van der Waals surface area contributed by atoms with E-state index < -0.39 is 10.0 Å². The fraction of sp³-hybridized carbons (Fsp3) is 0.421. The second-order valence-electron chi connectivity index (χ2n) is 7.03. The van der Waals surface area contributed by atoms with Crippen LogP contribution in [-0.4, -0.2) is 58.4 Å². The number of fused-ring (bicyclic) bond motifs is 1. The van der Waals surface area contributed by atoms with E-state index in [1.807, 2.05) is 22.4 Å². The maximum Gasteiger partial charge on any atom is 0.242 e. The number of benzene rings is 1. The molecule has 0 bridgehead atoms. The molecule has 0 atom stereocenters. The van der Waals surface area contributed by atoms with Gasteiger partial charge in [0, 0.05) is 59.5 Å². The third kappa shape index (κ3) is 4.83. The number of carbonyl (C=O) groups excluding carboxylic acids is 1. The summed E-state index contributed by atoms with van der Waals surface area (Å²) < 4.78 is 29.7. The molecule has 156 valence electrons. The van der Waals surface area contributed by atoms with Gasteiger partial charge in [0.15, 0.2) is 0 Å². The quantitative estimate of drug-likeness (QED) is 0.526. The lowest BCUT2D eigenvalue weighted by Crippen LogP contribution is -2.25. The van der Waals surface area contributed by atoms with Gasteiger partial charge in [0.2, 0.25) is 15.9 Å². The molecule has 10 heteroatoms. The van der Waals surface area contributed by atoms with Crippen LogP contribution in [0.15, 0.2) is 41.8 Å². The lowest BCUT2D eigenvalue weighted by Gasteiger charge is -2.10. The van der Waals surface area contributed by atoms with Crippen LogP contribution >= 0.6 is 0 Å². The van der Waals surface area contributed by atoms with E-state index in [1.54, 1.807) is 30.7 Å². The first-order valence-electron chi connectivity index (χ1n) is 9.39. The summed E-state index contributed by atoms with van der Waals surface area (Å²) in [5, 5.41) is 2.92. The number of aromatic nitrogens is 4. The van der Waals surface area contributed by atoms with E-state index in [1.165, 1.54) is 18.4 Å². The van der Waals surface area contributed by atoms with Crippen molar-refractivity contribution in [2.75, 3.05) is 20.6 Å². The van der Waals surface area contributed by atoms with Crippen molar-refractivity contribution in [1.82, 2.24) is 28.7 Å². The molecule has 0 aliphatic heterocycles. The zero-order chi connectivity index (χ0) is 21.0. The van der Waals surface area contributed by atoms with Crippen LogP contribution in [0.3, 0.4) is 0 Å². The van der Waals surface area contributed by atoms with Gasteiger partial charge < -0.3 is 14.5 Å². The molecule has 0 aliphatic rings. The number of nitrogens with zero attached hydrogens (tertiary/aromatic N) is 5. The number of hydrogen-bond donors (Lipinski definition) is 1. The van der Waals surface area contributed by atoms with Gasteiger partial charge in [0.05, 0.1) is 22.3 Å². The molecule has 3 aromatic rings. The highest BCUT2D eigenvalue weighted by molar-refractivity contribution is 7.89. The largest absolute Gasteiger partial charge is 0.356 e. The fourth-order valence-corrected chi connectivity index (χ4v) is 3.97. The van der Waals surface area contributed by atoms with E-state index in [2.05, 4.69) is 15.3 Å². The summed E-state index contributed by atoms with van der Waals surface area (Å²) in [6.07, 6.45) is 7.01. The highest BCUT2D eigenvalue weighted by Crippen LogP contribution is 2.21. The number of aryl methyl sites for hydroxylation is 3. The first-order chi connectivity index (χ1) is 13.8. The monoisotopic (exact) mass is 418 g/mol. The first kappa shape index (κ1) is 21.0. The van der Waals surface area contributed by atoms with E-state index in [-0.39, 0.29) is 10.8 Å². The minimum absolute atomic E-state index is 0.0291. The molecular weight excluding hydrogens is 392 g/mol. The highest BCUT2D eigenvalue weighted by Gasteiger charge is 2.19. The van der Waals surface area contributed by atoms with Crippen molar-refractivity contribution in [2.24, 2.45) is 7.05 Å². The Morgan fingerprint density at radius 3 is 2.76 bits per heavy atom. The van der Waals surface area contributed by atoms with Crippen molar-refractivity contribution in [3.63, 3.8) is 0 Å². The molecule has 9 nitrogen and oxygen atoms in total. The van der Waals surface area contributed by atoms with Crippen LogP contribution in [0.5, 0.6) is 0 Å². The number of carbonyl (C=O) groups is 1. The van der Waals surface area contributed by atoms with Gasteiger partial charge >= 0.3 is 0 Å². The average molecular weight is 419 g/mol. The van der Waals surface area contributed by atoms with Gasteiger partial charge in [-0.3, -0.25) is 4.79 Å². The summed E-state index contributed by atoms with van der Waals surface area (Å²) in [5.41, 5.74) is 1.43. The lowest BCUT2D eigenvalue weighted by atomic mass is 10.2. The number of amides is 1. The van der Waals surface area contributed by atoms with Gasteiger partial charge in [0.1, 0.15) is 5.82 Å². The van der Waals surface area contributed by atoms with Gasteiger partial charge in [-0.05, 0) is 24.6 Å². The zero-order valence-corrected chi connectivity index (χ0v) is 17.7. The molecule has 1 amide bonds. The molecule has 2 heterocycles. The Bertz CT molecular complexity index is 1090. The van der Waals surface area contributed by atoms with Gasteiger partial charge in [-0.15, -0.1) is 0 Å². The molecule has 29 heavy (non-hydrogen) atoms. The van der Waals surface area contributed by atoms with E-state index in [4.69, 9.17) is 0 Å². The van der Waals surface area contributed by atoms with Gasteiger partial charge in [-0.25, -0.2) is 22.7 Å². The Kier molecular flexibility index (Phi) is 6.33. The van der Waals surface area contributed by atoms with Crippen LogP contribution < -0.4 is 5.32 Å². The molecule has 0 saturated carbocycles. The minimum Gasteiger partial charge on any atom is -0.356 e. The summed E-state index contributed by atoms with van der Waals surface area (Å²) in [5.74, 6) is 0.714. The van der Waals surface area contributed by atoms with Gasteiger partial charge in [-0.2, -0.15) is 0 Å². The third-order valence-electron chi connectivity index (χ3n) is 4.77. The fourth-order valence-electron chi connectivity index (χ4n) is 3.05. The molecule has 0 radical (unpaired) electrons. The molecule has 0 unspecified atom stereocenters. The normalized spacial score (nSPS) is 12.0. The summed E-state index contributed by atoms with van der Waals surface area (Å²) in [7, 11) is 1.35. The van der Waals surface area contributed by atoms with Gasteiger partial charge in [-0.1, -0.05) is 0 Å². The van der Waals surface area contributed by atoms with Crippen LogP contribution in [0.25, 0.3) is 11.0 Å². The van der Waals surface area contributed by atoms with Crippen molar-refractivity contribution < 1.29 is 13.2 Å². The van der Waals surface area contributed by atoms with Crippen molar-refractivity contribution in [1.29, 1.82) is 0 Å². The maximum atomic E-state index is 12.3. The zero-order valence-electron chi connectivity index (χ0n) is 16.9. The van der Waals surface area contributed by atoms with E-state index >= 15 is 0 Å². The molecular formula is C19H26N6O3S. The number of nitrogens with one attached hydrogen (secondary N) is 1. The number of sulfonamides is 1. The summed E-state index contributed by atoms with van der Waals surface area (Å²) in [4.78, 5) is 20.8. The number of imidazole rings is 2. The van der Waals surface area contributed by atoms with Crippen molar-refractivity contribution in [2.45, 2.75) is 30.7 Å². The predicted molar refractivity (Wildman–Crippen MR) is 110 cm³/mol. The minimum atomic E-state index is -3.51. The molecule has 0 aliphatic carbocycles. The lowest BCUT2D eigenvalue weighted by molar-refractivity contribution is -0.121. The van der Waals surface area contributed by atoms with E-state index in [9.17, 15) is 13.2 Å². The highest BCUT2D eigenvalue weighted by atomic mass is 32.2. The molecule has 2 aromatic heterocycles. The molecule has 3 rings (SSSR count). The predicted octanol–water partition coefficient (Wildman–Crippen LogP) is 1.16. The first-order valence-corrected chi connectivity index (χ1v) is 10.8. The third-order valence-corrected chi connectivity index (χ3v) is 6.58. The second-order valence-corrected chi connectivity index (χ2v) is 9.18. The number of rotatable bonds is 9. The second kappa shape index (κ2) is 8.75. The van der Waals surface area contributed by atoms with Crippen LogP contribution in [0.4, 0.5) is 0 Å². The van der Waals surface area contributed by atoms with Gasteiger partial charge in [0.25, 0.3) is 0 Å². The molecule has 1 N–H and O–H groups in total. The van der Waals surface area contributed by atoms with Crippen LogP contribution in [0.2, 0.25) is 0 Å². The average Bonchev–Trinajstić information content (AvgIpc) is 3.31. The molecule has 1 aromatic carbocycles. The standard InChI is InChI=1S/C19H26N6O3S/c1-23(2)29(27,28)15-5-6-17-16(13-15)22-18(24(17)3)7-8-19(26)21-9-4-11-25-12-10-20-14-25/h5-6,10,12-14H,4,7-9,11H2,1-3H3,(H,21,26). The van der Waals surface area contributed by atoms with Crippen molar-refractivity contribution in [3.8, 4) is 0 Å². The smallest absolute Gasteiger partial charge is 0.242 e. The molecule has 0 spiro atoms. The van der Waals surface area contributed by atoms with Crippen molar-refractivity contribution in [3.05, 3.63) is 42.7 Å². The van der Waals surface area contributed by atoms with E-state index in [0.29, 0.717) is 24.9 Å². The number of hydrogen-bond acceptors (Lipinski definition) is 5. The van der Waals surface area contributed by atoms with Crippen LogP contribution in [-0.2, 0) is 34.8 Å². The Labute approximate surface area is 170 Å². The Balaban J connectivity index is 1.58. The van der Waals surface area contributed by atoms with Crippen molar-refractivity contribution >= 4 is 27.0 Å². The molecule has 0 fully saturated rings. The topological polar surface area (TPSA) is 102 Å². The SMILES string of the molecule is CN(C)S(=O)(=O)c1ccc2c(c1)nc(CCC(=O)NCCCn1ccnc1)n2C. The van der Waals surface area contributed by atoms with E-state index in [0.717, 1.165) is 24.3 Å². The maximum absolute atomic E-state index is 12.3. The van der Waals surface area contributed by atoms with Crippen LogP contribution in [0.1, 0.15) is 18.7 Å².